The lowest BCUT2D eigenvalue weighted by Gasteiger charge is -2.35. The van der Waals surface area contributed by atoms with Crippen LogP contribution in [0.2, 0.25) is 5.02 Å². The maximum absolute atomic E-state index is 14.6. The third-order valence-corrected chi connectivity index (χ3v) is 9.51. The lowest BCUT2D eigenvalue weighted by molar-refractivity contribution is -0.140. The second kappa shape index (κ2) is 14.8. The van der Waals surface area contributed by atoms with Gasteiger partial charge in [0.05, 0.1) is 17.7 Å². The summed E-state index contributed by atoms with van der Waals surface area (Å²) in [6.45, 7) is 6.87. The Balaban J connectivity index is 1.84. The maximum Gasteiger partial charge on any atom is 0.264 e. The van der Waals surface area contributed by atoms with Crippen LogP contribution in [0.5, 0.6) is 5.75 Å². The Morgan fingerprint density at radius 2 is 1.50 bits per heavy atom. The predicted octanol–water partition coefficient (Wildman–Crippen LogP) is 6.41. The third kappa shape index (κ3) is 8.89. The number of hydrogen-bond donors (Lipinski definition) is 1. The van der Waals surface area contributed by atoms with Crippen LogP contribution in [-0.2, 0) is 32.6 Å². The van der Waals surface area contributed by atoms with Crippen LogP contribution in [-0.4, -0.2) is 50.4 Å². The van der Waals surface area contributed by atoms with Crippen LogP contribution in [0.3, 0.4) is 0 Å². The van der Waals surface area contributed by atoms with Gasteiger partial charge in [-0.05, 0) is 80.8 Å². The molecule has 4 rings (SSSR count). The van der Waals surface area contributed by atoms with E-state index in [0.717, 1.165) is 15.4 Å². The summed E-state index contributed by atoms with van der Waals surface area (Å²) in [5.74, 6) is -0.335. The number of carbonyl (C=O) groups is 2. The standard InChI is InChI=1S/C36H40ClN3O5S/c1-26-19-20-29(23-32(26)37)40(46(43,44)31-17-10-7-11-18-31)25-34(41)39(24-28-15-12-16-30(21-28)45-5)33(35(42)38-36(2,3)4)22-27-13-8-6-9-14-27/h6-21,23,33H,22,24-25H2,1-5H3,(H,38,42)/t33-/m1/s1. The number of nitrogens with zero attached hydrogens (tertiary/aromatic N) is 2. The van der Waals surface area contributed by atoms with Gasteiger partial charge in [0, 0.05) is 23.5 Å². The van der Waals surface area contributed by atoms with Crippen LogP contribution in [0, 0.1) is 6.92 Å². The molecule has 4 aromatic rings. The molecule has 1 N–H and O–H groups in total. The van der Waals surface area contributed by atoms with Crippen molar-refractivity contribution in [1.29, 1.82) is 0 Å². The lowest BCUT2D eigenvalue weighted by atomic mass is 10.0. The quantitative estimate of drug-likeness (QED) is 0.189. The second-order valence-electron chi connectivity index (χ2n) is 12.1. The molecule has 1 atom stereocenters. The molecule has 4 aromatic carbocycles. The van der Waals surface area contributed by atoms with E-state index in [0.29, 0.717) is 16.3 Å². The molecule has 0 saturated carbocycles. The molecule has 0 aliphatic carbocycles. The monoisotopic (exact) mass is 661 g/mol. The van der Waals surface area contributed by atoms with Crippen molar-refractivity contribution in [2.24, 2.45) is 0 Å². The van der Waals surface area contributed by atoms with Gasteiger partial charge < -0.3 is 15.0 Å². The fraction of sp³-hybridized carbons (Fsp3) is 0.278. The van der Waals surface area contributed by atoms with E-state index in [4.69, 9.17) is 16.3 Å². The van der Waals surface area contributed by atoms with Crippen molar-refractivity contribution in [3.05, 3.63) is 125 Å². The number of nitrogens with one attached hydrogen (secondary N) is 1. The van der Waals surface area contributed by atoms with Gasteiger partial charge in [-0.1, -0.05) is 78.3 Å². The molecule has 0 spiro atoms. The van der Waals surface area contributed by atoms with Gasteiger partial charge in [-0.15, -0.1) is 0 Å². The van der Waals surface area contributed by atoms with Crippen LogP contribution >= 0.6 is 11.6 Å². The lowest BCUT2D eigenvalue weighted by Crippen LogP contribution is -2.56. The van der Waals surface area contributed by atoms with Gasteiger partial charge in [-0.25, -0.2) is 8.42 Å². The molecule has 8 nitrogen and oxygen atoms in total. The Hall–Kier alpha value is -4.34. The van der Waals surface area contributed by atoms with Gasteiger partial charge in [-0.2, -0.15) is 0 Å². The van der Waals surface area contributed by atoms with E-state index in [9.17, 15) is 18.0 Å². The van der Waals surface area contributed by atoms with Crippen LogP contribution in [0.1, 0.15) is 37.5 Å². The largest absolute Gasteiger partial charge is 0.497 e. The number of hydrogen-bond acceptors (Lipinski definition) is 5. The molecule has 0 bridgehead atoms. The molecule has 0 aromatic heterocycles. The first kappa shape index (κ1) is 34.5. The molecular formula is C36H40ClN3O5S. The van der Waals surface area contributed by atoms with Crippen LogP contribution < -0.4 is 14.4 Å². The molecule has 0 aliphatic rings. The predicted molar refractivity (Wildman–Crippen MR) is 183 cm³/mol. The zero-order valence-electron chi connectivity index (χ0n) is 26.7. The summed E-state index contributed by atoms with van der Waals surface area (Å²) in [5, 5.41) is 3.39. The number of carbonyl (C=O) groups excluding carboxylic acids is 2. The topological polar surface area (TPSA) is 96.0 Å². The molecule has 0 radical (unpaired) electrons. The first-order valence-electron chi connectivity index (χ1n) is 14.9. The summed E-state index contributed by atoms with van der Waals surface area (Å²) in [7, 11) is -2.67. The molecule has 242 valence electrons. The SMILES string of the molecule is COc1cccc(CN(C(=O)CN(c2ccc(C)c(Cl)c2)S(=O)(=O)c2ccccc2)[C@H](Cc2ccccc2)C(=O)NC(C)(C)C)c1. The highest BCUT2D eigenvalue weighted by atomic mass is 35.5. The first-order valence-corrected chi connectivity index (χ1v) is 16.7. The Kier molecular flexibility index (Phi) is 11.1. The number of amides is 2. The summed E-state index contributed by atoms with van der Waals surface area (Å²) >= 11 is 6.45. The summed E-state index contributed by atoms with van der Waals surface area (Å²) in [4.78, 5) is 30.1. The van der Waals surface area contributed by atoms with Crippen molar-refractivity contribution in [3.8, 4) is 5.75 Å². The third-order valence-electron chi connectivity index (χ3n) is 7.31. The zero-order valence-corrected chi connectivity index (χ0v) is 28.3. The smallest absolute Gasteiger partial charge is 0.264 e. The highest BCUT2D eigenvalue weighted by Gasteiger charge is 2.35. The number of rotatable bonds is 12. The second-order valence-corrected chi connectivity index (χ2v) is 14.3. The summed E-state index contributed by atoms with van der Waals surface area (Å²) in [6, 6.07) is 28.4. The fourth-order valence-corrected chi connectivity index (χ4v) is 6.56. The van der Waals surface area contributed by atoms with Crippen molar-refractivity contribution in [3.63, 3.8) is 0 Å². The van der Waals surface area contributed by atoms with Crippen LogP contribution in [0.4, 0.5) is 5.69 Å². The minimum absolute atomic E-state index is 0.0187. The van der Waals surface area contributed by atoms with Crippen LogP contribution in [0.25, 0.3) is 0 Å². The normalized spacial score (nSPS) is 12.2. The summed E-state index contributed by atoms with van der Waals surface area (Å²) < 4.78 is 34.7. The molecular weight excluding hydrogens is 622 g/mol. The minimum atomic E-state index is -4.22. The number of halogens is 1. The van der Waals surface area contributed by atoms with Gasteiger partial charge in [0.2, 0.25) is 11.8 Å². The molecule has 0 saturated heterocycles. The van der Waals surface area contributed by atoms with Gasteiger partial charge in [-0.3, -0.25) is 13.9 Å². The Morgan fingerprint density at radius 3 is 2.11 bits per heavy atom. The van der Waals surface area contributed by atoms with E-state index in [1.54, 1.807) is 55.6 Å². The van der Waals surface area contributed by atoms with Crippen molar-refractivity contribution in [2.75, 3.05) is 18.0 Å². The highest BCUT2D eigenvalue weighted by Crippen LogP contribution is 2.29. The van der Waals surface area contributed by atoms with Gasteiger partial charge >= 0.3 is 0 Å². The molecule has 0 unspecified atom stereocenters. The molecule has 46 heavy (non-hydrogen) atoms. The fourth-order valence-electron chi connectivity index (χ4n) is 4.96. The van der Waals surface area contributed by atoms with E-state index in [2.05, 4.69) is 5.32 Å². The van der Waals surface area contributed by atoms with Crippen LogP contribution in [0.15, 0.2) is 108 Å². The zero-order chi connectivity index (χ0) is 33.5. The average Bonchev–Trinajstić information content (AvgIpc) is 3.03. The number of anilines is 1. The van der Waals surface area contributed by atoms with Crippen molar-refractivity contribution >= 4 is 39.1 Å². The summed E-state index contributed by atoms with van der Waals surface area (Å²) in [6.07, 6.45) is 0.209. The molecule has 0 aliphatic heterocycles. The van der Waals surface area contributed by atoms with Crippen molar-refractivity contribution < 1.29 is 22.7 Å². The number of sulfonamides is 1. The molecule has 0 heterocycles. The molecule has 10 heteroatoms. The Morgan fingerprint density at radius 1 is 0.870 bits per heavy atom. The number of ether oxygens (including phenoxy) is 1. The highest BCUT2D eigenvalue weighted by molar-refractivity contribution is 7.92. The molecule has 0 fully saturated rings. The van der Waals surface area contributed by atoms with E-state index < -0.39 is 34.1 Å². The number of benzene rings is 4. The average molecular weight is 662 g/mol. The van der Waals surface area contributed by atoms with E-state index in [1.165, 1.54) is 23.1 Å². The van der Waals surface area contributed by atoms with E-state index >= 15 is 0 Å². The van der Waals surface area contributed by atoms with Crippen molar-refractivity contribution in [2.45, 2.75) is 57.1 Å². The van der Waals surface area contributed by atoms with Gasteiger partial charge in [0.1, 0.15) is 18.3 Å². The van der Waals surface area contributed by atoms with E-state index in [-0.39, 0.29) is 29.5 Å². The summed E-state index contributed by atoms with van der Waals surface area (Å²) in [5.41, 5.74) is 1.96. The number of aryl methyl sites for hydroxylation is 1. The van der Waals surface area contributed by atoms with Crippen molar-refractivity contribution in [1.82, 2.24) is 10.2 Å². The molecule has 2 amide bonds. The Labute approximate surface area is 277 Å². The Bertz CT molecular complexity index is 1760. The maximum atomic E-state index is 14.6. The first-order chi connectivity index (χ1) is 21.8. The van der Waals surface area contributed by atoms with Gasteiger partial charge in [0.15, 0.2) is 0 Å². The number of methoxy groups -OCH3 is 1. The van der Waals surface area contributed by atoms with Gasteiger partial charge in [0.25, 0.3) is 10.0 Å². The minimum Gasteiger partial charge on any atom is -0.497 e. The van der Waals surface area contributed by atoms with E-state index in [1.807, 2.05) is 64.1 Å².